The average Bonchev–Trinajstić information content (AvgIpc) is 3.14. The molecule has 0 heterocycles. The fourth-order valence-electron chi connectivity index (χ4n) is 3.93. The molecule has 5 nitrogen and oxygen atoms in total. The van der Waals surface area contributed by atoms with Crippen LogP contribution in [0, 0.1) is 0 Å². The molecule has 0 aromatic heterocycles. The first-order valence-corrected chi connectivity index (χ1v) is 10.1. The molecule has 1 aliphatic carbocycles. The van der Waals surface area contributed by atoms with Crippen LogP contribution in [0.5, 0.6) is 5.75 Å². The van der Waals surface area contributed by atoms with Crippen molar-refractivity contribution in [3.8, 4) is 16.9 Å². The second kappa shape index (κ2) is 9.30. The van der Waals surface area contributed by atoms with Gasteiger partial charge in [0.05, 0.1) is 7.11 Å². The second-order valence-electron chi connectivity index (χ2n) is 7.23. The molecule has 0 spiro atoms. The maximum absolute atomic E-state index is 12.2. The Bertz CT molecular complexity index is 1090. The largest absolute Gasteiger partial charge is 0.496 e. The number of rotatable bonds is 7. The summed E-state index contributed by atoms with van der Waals surface area (Å²) in [6, 6.07) is 21.6. The Morgan fingerprint density at radius 1 is 1.00 bits per heavy atom. The summed E-state index contributed by atoms with van der Waals surface area (Å²) in [7, 11) is 1.57. The van der Waals surface area contributed by atoms with E-state index in [-0.39, 0.29) is 12.5 Å². The van der Waals surface area contributed by atoms with Gasteiger partial charge in [0.15, 0.2) is 0 Å². The van der Waals surface area contributed by atoms with Crippen LogP contribution in [0.25, 0.3) is 17.2 Å². The summed E-state index contributed by atoms with van der Waals surface area (Å²) >= 11 is 0. The normalized spacial score (nSPS) is 12.3. The number of methoxy groups -OCH3 is 1. The Morgan fingerprint density at radius 3 is 2.32 bits per heavy atom. The highest BCUT2D eigenvalue weighted by atomic mass is 16.5. The predicted octanol–water partition coefficient (Wildman–Crippen LogP) is 5.06. The van der Waals surface area contributed by atoms with Gasteiger partial charge in [0, 0.05) is 23.6 Å². The van der Waals surface area contributed by atoms with Crippen LogP contribution in [-0.2, 0) is 4.74 Å². The van der Waals surface area contributed by atoms with E-state index in [1.165, 1.54) is 22.3 Å². The summed E-state index contributed by atoms with van der Waals surface area (Å²) < 4.78 is 10.8. The van der Waals surface area contributed by atoms with Gasteiger partial charge in [-0.2, -0.15) is 0 Å². The third-order valence-corrected chi connectivity index (χ3v) is 5.40. The Labute approximate surface area is 181 Å². The summed E-state index contributed by atoms with van der Waals surface area (Å²) in [5.74, 6) is 0.687. The van der Waals surface area contributed by atoms with E-state index in [9.17, 15) is 9.59 Å². The van der Waals surface area contributed by atoms with Gasteiger partial charge in [-0.3, -0.25) is 4.79 Å². The van der Waals surface area contributed by atoms with Gasteiger partial charge in [0.25, 0.3) is 0 Å². The van der Waals surface area contributed by atoms with Crippen LogP contribution in [0.15, 0.2) is 72.8 Å². The fraction of sp³-hybridized carbons (Fsp3) is 0.154. The molecule has 0 fully saturated rings. The zero-order valence-electron chi connectivity index (χ0n) is 17.2. The van der Waals surface area contributed by atoms with Crippen molar-refractivity contribution in [2.24, 2.45) is 0 Å². The summed E-state index contributed by atoms with van der Waals surface area (Å²) in [4.78, 5) is 23.2. The SMILES string of the molecule is COc1ccc(C=O)cc1C=CCNC(=O)OCC1c2ccccc2-c2ccccc21. The molecular weight excluding hydrogens is 390 g/mol. The third kappa shape index (κ3) is 4.36. The van der Waals surface area contributed by atoms with E-state index in [0.29, 0.717) is 17.9 Å². The van der Waals surface area contributed by atoms with Crippen molar-refractivity contribution < 1.29 is 19.1 Å². The number of hydrogen-bond acceptors (Lipinski definition) is 4. The summed E-state index contributed by atoms with van der Waals surface area (Å²) in [5, 5.41) is 2.73. The van der Waals surface area contributed by atoms with Crippen LogP contribution in [0.3, 0.4) is 0 Å². The predicted molar refractivity (Wildman–Crippen MR) is 120 cm³/mol. The monoisotopic (exact) mass is 413 g/mol. The quantitative estimate of drug-likeness (QED) is 0.550. The Morgan fingerprint density at radius 2 is 1.68 bits per heavy atom. The summed E-state index contributed by atoms with van der Waals surface area (Å²) in [6.45, 7) is 0.573. The Hall–Kier alpha value is -3.86. The van der Waals surface area contributed by atoms with E-state index >= 15 is 0 Å². The smallest absolute Gasteiger partial charge is 0.407 e. The molecule has 5 heteroatoms. The molecule has 4 rings (SSSR count). The topological polar surface area (TPSA) is 64.6 Å². The lowest BCUT2D eigenvalue weighted by Gasteiger charge is -2.14. The molecule has 1 N–H and O–H groups in total. The van der Waals surface area contributed by atoms with Crippen molar-refractivity contribution in [3.63, 3.8) is 0 Å². The third-order valence-electron chi connectivity index (χ3n) is 5.40. The molecule has 0 saturated heterocycles. The number of carbonyl (C=O) groups excluding carboxylic acids is 2. The van der Waals surface area contributed by atoms with E-state index < -0.39 is 6.09 Å². The molecule has 156 valence electrons. The number of nitrogens with one attached hydrogen (secondary N) is 1. The van der Waals surface area contributed by atoms with Gasteiger partial charge in [-0.1, -0.05) is 60.7 Å². The van der Waals surface area contributed by atoms with Gasteiger partial charge >= 0.3 is 6.09 Å². The summed E-state index contributed by atoms with van der Waals surface area (Å²) in [6.07, 6.45) is 3.90. The second-order valence-corrected chi connectivity index (χ2v) is 7.23. The maximum Gasteiger partial charge on any atom is 0.407 e. The zero-order chi connectivity index (χ0) is 21.6. The van der Waals surface area contributed by atoms with E-state index in [0.717, 1.165) is 11.8 Å². The first-order valence-electron chi connectivity index (χ1n) is 10.1. The van der Waals surface area contributed by atoms with E-state index in [1.807, 2.05) is 24.3 Å². The number of aldehydes is 1. The molecule has 31 heavy (non-hydrogen) atoms. The van der Waals surface area contributed by atoms with Crippen LogP contribution in [-0.4, -0.2) is 32.6 Å². The van der Waals surface area contributed by atoms with E-state index in [4.69, 9.17) is 9.47 Å². The molecule has 1 aliphatic rings. The highest BCUT2D eigenvalue weighted by molar-refractivity contribution is 5.79. The lowest BCUT2D eigenvalue weighted by atomic mass is 9.98. The van der Waals surface area contributed by atoms with Crippen molar-refractivity contribution in [1.29, 1.82) is 0 Å². The molecule has 0 radical (unpaired) electrons. The number of hydrogen-bond donors (Lipinski definition) is 1. The van der Waals surface area contributed by atoms with Crippen LogP contribution in [0.4, 0.5) is 4.79 Å². The van der Waals surface area contributed by atoms with Gasteiger partial charge in [0.2, 0.25) is 0 Å². The molecule has 0 saturated carbocycles. The van der Waals surface area contributed by atoms with E-state index in [1.54, 1.807) is 37.5 Å². The number of benzene rings is 3. The number of ether oxygens (including phenoxy) is 2. The minimum absolute atomic E-state index is 0.0315. The highest BCUT2D eigenvalue weighted by Gasteiger charge is 2.28. The summed E-state index contributed by atoms with van der Waals surface area (Å²) in [5.41, 5.74) is 6.08. The average molecular weight is 413 g/mol. The van der Waals surface area contributed by atoms with E-state index in [2.05, 4.69) is 29.6 Å². The number of alkyl carbamates (subject to hydrolysis) is 1. The molecule has 0 atom stereocenters. The van der Waals surface area contributed by atoms with Crippen LogP contribution >= 0.6 is 0 Å². The van der Waals surface area contributed by atoms with Gasteiger partial charge in [-0.25, -0.2) is 4.79 Å². The van der Waals surface area contributed by atoms with Crippen molar-refractivity contribution in [2.45, 2.75) is 5.92 Å². The molecule has 0 bridgehead atoms. The molecule has 1 amide bonds. The standard InChI is InChI=1S/C26H23NO4/c1-30-25-13-12-18(16-28)15-19(25)7-6-14-27-26(29)31-17-24-22-10-4-2-8-20(22)21-9-3-5-11-23(21)24/h2-13,15-16,24H,14,17H2,1H3,(H,27,29). The Balaban J connectivity index is 1.35. The van der Waals surface area contributed by atoms with Crippen molar-refractivity contribution in [3.05, 3.63) is 95.1 Å². The minimum Gasteiger partial charge on any atom is -0.496 e. The first-order chi connectivity index (χ1) is 15.2. The number of fused-ring (bicyclic) bond motifs is 3. The van der Waals surface area contributed by atoms with Crippen molar-refractivity contribution in [2.75, 3.05) is 20.3 Å². The lowest BCUT2D eigenvalue weighted by molar-refractivity contribution is 0.112. The minimum atomic E-state index is -0.472. The van der Waals surface area contributed by atoms with Gasteiger partial charge in [-0.05, 0) is 40.5 Å². The van der Waals surface area contributed by atoms with Crippen molar-refractivity contribution in [1.82, 2.24) is 5.32 Å². The first kappa shape index (κ1) is 20.4. The maximum atomic E-state index is 12.2. The van der Waals surface area contributed by atoms with Gasteiger partial charge in [0.1, 0.15) is 18.6 Å². The van der Waals surface area contributed by atoms with Crippen LogP contribution in [0.1, 0.15) is 33.0 Å². The lowest BCUT2D eigenvalue weighted by Crippen LogP contribution is -2.26. The van der Waals surface area contributed by atoms with Gasteiger partial charge in [-0.15, -0.1) is 0 Å². The zero-order valence-corrected chi connectivity index (χ0v) is 17.2. The Kier molecular flexibility index (Phi) is 6.13. The molecular formula is C26H23NO4. The highest BCUT2D eigenvalue weighted by Crippen LogP contribution is 2.44. The molecule has 3 aromatic carbocycles. The number of amides is 1. The fourth-order valence-corrected chi connectivity index (χ4v) is 3.93. The van der Waals surface area contributed by atoms with Crippen LogP contribution in [0.2, 0.25) is 0 Å². The molecule has 3 aromatic rings. The van der Waals surface area contributed by atoms with Crippen molar-refractivity contribution >= 4 is 18.5 Å². The molecule has 0 unspecified atom stereocenters. The molecule has 0 aliphatic heterocycles. The van der Waals surface area contributed by atoms with Gasteiger partial charge < -0.3 is 14.8 Å². The number of carbonyl (C=O) groups is 2. The van der Waals surface area contributed by atoms with Crippen LogP contribution < -0.4 is 10.1 Å².